The van der Waals surface area contributed by atoms with Crippen molar-refractivity contribution in [3.8, 4) is 11.6 Å². The quantitative estimate of drug-likeness (QED) is 0.749. The summed E-state index contributed by atoms with van der Waals surface area (Å²) in [4.78, 5) is 4.05. The second kappa shape index (κ2) is 5.71. The second-order valence-corrected chi connectivity index (χ2v) is 4.45. The Morgan fingerprint density at radius 3 is 2.55 bits per heavy atom. The van der Waals surface area contributed by atoms with Gasteiger partial charge in [0, 0.05) is 17.6 Å². The SMILES string of the molecule is Cc1cc(CCl)cc(Oc2ccccc2C(F)(F)F)n1. The maximum absolute atomic E-state index is 12.9. The van der Waals surface area contributed by atoms with Gasteiger partial charge in [-0.3, -0.25) is 0 Å². The van der Waals surface area contributed by atoms with E-state index in [1.165, 1.54) is 24.3 Å². The van der Waals surface area contributed by atoms with E-state index in [0.29, 0.717) is 5.69 Å². The highest BCUT2D eigenvalue weighted by Crippen LogP contribution is 2.37. The Labute approximate surface area is 119 Å². The van der Waals surface area contributed by atoms with Gasteiger partial charge >= 0.3 is 6.18 Å². The Morgan fingerprint density at radius 1 is 1.20 bits per heavy atom. The van der Waals surface area contributed by atoms with Crippen LogP contribution in [0.1, 0.15) is 16.8 Å². The summed E-state index contributed by atoms with van der Waals surface area (Å²) < 4.78 is 43.8. The second-order valence-electron chi connectivity index (χ2n) is 4.18. The van der Waals surface area contributed by atoms with Crippen LogP contribution in [0.2, 0.25) is 0 Å². The van der Waals surface area contributed by atoms with Crippen LogP contribution < -0.4 is 4.74 Å². The van der Waals surface area contributed by atoms with Gasteiger partial charge in [-0.2, -0.15) is 13.2 Å². The molecule has 106 valence electrons. The van der Waals surface area contributed by atoms with Gasteiger partial charge in [0.05, 0.1) is 5.56 Å². The fourth-order valence-electron chi connectivity index (χ4n) is 1.74. The van der Waals surface area contributed by atoms with Crippen LogP contribution in [0.4, 0.5) is 13.2 Å². The van der Waals surface area contributed by atoms with Crippen LogP contribution in [0.3, 0.4) is 0 Å². The number of ether oxygens (including phenoxy) is 1. The summed E-state index contributed by atoms with van der Waals surface area (Å²) >= 11 is 5.71. The lowest BCUT2D eigenvalue weighted by atomic mass is 10.2. The predicted octanol–water partition coefficient (Wildman–Crippen LogP) is 4.94. The van der Waals surface area contributed by atoms with E-state index >= 15 is 0 Å². The molecular weight excluding hydrogens is 291 g/mol. The zero-order valence-electron chi connectivity index (χ0n) is 10.5. The molecular formula is C14H11ClF3NO. The van der Waals surface area contributed by atoms with Gasteiger partial charge in [-0.25, -0.2) is 4.98 Å². The van der Waals surface area contributed by atoms with Gasteiger partial charge in [0.25, 0.3) is 0 Å². The summed E-state index contributed by atoms with van der Waals surface area (Å²) in [6, 6.07) is 8.27. The summed E-state index contributed by atoms with van der Waals surface area (Å²) in [6.07, 6.45) is -4.48. The maximum atomic E-state index is 12.9. The molecule has 0 radical (unpaired) electrons. The topological polar surface area (TPSA) is 22.1 Å². The highest BCUT2D eigenvalue weighted by molar-refractivity contribution is 6.17. The molecule has 0 aliphatic carbocycles. The lowest BCUT2D eigenvalue weighted by Gasteiger charge is -2.13. The van der Waals surface area contributed by atoms with Gasteiger partial charge in [-0.05, 0) is 30.7 Å². The van der Waals surface area contributed by atoms with Crippen LogP contribution >= 0.6 is 11.6 Å². The van der Waals surface area contributed by atoms with Crippen molar-refractivity contribution in [2.75, 3.05) is 0 Å². The van der Waals surface area contributed by atoms with E-state index in [0.717, 1.165) is 11.6 Å². The van der Waals surface area contributed by atoms with Crippen molar-refractivity contribution in [3.05, 3.63) is 53.2 Å². The molecule has 20 heavy (non-hydrogen) atoms. The van der Waals surface area contributed by atoms with E-state index in [1.54, 1.807) is 13.0 Å². The summed E-state index contributed by atoms with van der Waals surface area (Å²) in [5, 5.41) is 0. The Balaban J connectivity index is 2.38. The first-order valence-electron chi connectivity index (χ1n) is 5.78. The number of nitrogens with zero attached hydrogens (tertiary/aromatic N) is 1. The first-order valence-corrected chi connectivity index (χ1v) is 6.31. The van der Waals surface area contributed by atoms with E-state index < -0.39 is 11.7 Å². The molecule has 0 N–H and O–H groups in total. The first-order chi connectivity index (χ1) is 9.40. The fourth-order valence-corrected chi connectivity index (χ4v) is 1.89. The Morgan fingerprint density at radius 2 is 1.90 bits per heavy atom. The average molecular weight is 302 g/mol. The number of halogens is 4. The van der Waals surface area contributed by atoms with E-state index in [9.17, 15) is 13.2 Å². The lowest BCUT2D eigenvalue weighted by Crippen LogP contribution is -2.07. The minimum Gasteiger partial charge on any atom is -0.438 e. The van der Waals surface area contributed by atoms with Crippen LogP contribution in [-0.4, -0.2) is 4.98 Å². The molecule has 0 saturated carbocycles. The summed E-state index contributed by atoms with van der Waals surface area (Å²) in [5.41, 5.74) is 0.525. The Kier molecular flexibility index (Phi) is 4.18. The minimum absolute atomic E-state index is 0.0948. The van der Waals surface area contributed by atoms with Gasteiger partial charge in [-0.1, -0.05) is 12.1 Å². The lowest BCUT2D eigenvalue weighted by molar-refractivity contribution is -0.138. The molecule has 0 atom stereocenters. The van der Waals surface area contributed by atoms with Crippen molar-refractivity contribution in [2.45, 2.75) is 19.0 Å². The molecule has 1 aromatic heterocycles. The van der Waals surface area contributed by atoms with Gasteiger partial charge in [0.2, 0.25) is 5.88 Å². The van der Waals surface area contributed by atoms with Crippen LogP contribution in [0.5, 0.6) is 11.6 Å². The Hall–Kier alpha value is -1.75. The summed E-state index contributed by atoms with van der Waals surface area (Å²) in [5.74, 6) is 0.0525. The number of benzene rings is 1. The monoisotopic (exact) mass is 301 g/mol. The number of aromatic nitrogens is 1. The summed E-state index contributed by atoms with van der Waals surface area (Å²) in [7, 11) is 0. The van der Waals surface area contributed by atoms with E-state index in [4.69, 9.17) is 16.3 Å². The largest absolute Gasteiger partial charge is 0.438 e. The van der Waals surface area contributed by atoms with E-state index in [2.05, 4.69) is 4.98 Å². The van der Waals surface area contributed by atoms with Crippen LogP contribution in [-0.2, 0) is 12.1 Å². The fraction of sp³-hybridized carbons (Fsp3) is 0.214. The molecule has 0 spiro atoms. The molecule has 0 saturated heterocycles. The van der Waals surface area contributed by atoms with Crippen molar-refractivity contribution in [1.82, 2.24) is 4.98 Å². The van der Waals surface area contributed by atoms with Crippen LogP contribution in [0.25, 0.3) is 0 Å². The average Bonchev–Trinajstić information content (AvgIpc) is 2.37. The molecule has 0 bridgehead atoms. The van der Waals surface area contributed by atoms with Crippen molar-refractivity contribution >= 4 is 11.6 Å². The smallest absolute Gasteiger partial charge is 0.419 e. The molecule has 0 unspecified atom stereocenters. The van der Waals surface area contributed by atoms with Crippen molar-refractivity contribution in [2.24, 2.45) is 0 Å². The maximum Gasteiger partial charge on any atom is 0.419 e. The van der Waals surface area contributed by atoms with Crippen molar-refractivity contribution in [3.63, 3.8) is 0 Å². The Bertz CT molecular complexity index is 614. The van der Waals surface area contributed by atoms with Crippen molar-refractivity contribution in [1.29, 1.82) is 0 Å². The normalized spacial score (nSPS) is 11.4. The summed E-state index contributed by atoms with van der Waals surface area (Å²) in [6.45, 7) is 1.72. The number of aryl methyl sites for hydroxylation is 1. The number of hydrogen-bond donors (Lipinski definition) is 0. The zero-order chi connectivity index (χ0) is 14.8. The standard InChI is InChI=1S/C14H11ClF3NO/c1-9-6-10(8-15)7-13(19-9)20-12-5-3-2-4-11(12)14(16,17)18/h2-7H,8H2,1H3. The molecule has 2 aromatic rings. The third kappa shape index (κ3) is 3.42. The molecule has 1 aromatic carbocycles. The van der Waals surface area contributed by atoms with Crippen LogP contribution in [0.15, 0.2) is 36.4 Å². The number of para-hydroxylation sites is 1. The molecule has 6 heteroatoms. The number of pyridine rings is 1. The van der Waals surface area contributed by atoms with Crippen LogP contribution in [0, 0.1) is 6.92 Å². The third-order valence-electron chi connectivity index (χ3n) is 2.55. The molecule has 2 rings (SSSR count). The molecule has 0 aliphatic rings. The van der Waals surface area contributed by atoms with E-state index in [1.807, 2.05) is 0 Å². The molecule has 2 nitrogen and oxygen atoms in total. The third-order valence-corrected chi connectivity index (χ3v) is 2.86. The van der Waals surface area contributed by atoms with E-state index in [-0.39, 0.29) is 17.5 Å². The van der Waals surface area contributed by atoms with Gasteiger partial charge in [-0.15, -0.1) is 11.6 Å². The van der Waals surface area contributed by atoms with Gasteiger partial charge < -0.3 is 4.74 Å². The highest BCUT2D eigenvalue weighted by atomic mass is 35.5. The molecule has 1 heterocycles. The zero-order valence-corrected chi connectivity index (χ0v) is 11.3. The predicted molar refractivity (Wildman–Crippen MR) is 70.0 cm³/mol. The minimum atomic E-state index is -4.48. The number of alkyl halides is 4. The molecule has 0 fully saturated rings. The number of rotatable bonds is 3. The van der Waals surface area contributed by atoms with Gasteiger partial charge in [0.1, 0.15) is 5.75 Å². The number of hydrogen-bond acceptors (Lipinski definition) is 2. The molecule has 0 aliphatic heterocycles. The van der Waals surface area contributed by atoms with Gasteiger partial charge in [0.15, 0.2) is 0 Å². The highest BCUT2D eigenvalue weighted by Gasteiger charge is 2.34. The van der Waals surface area contributed by atoms with Crippen molar-refractivity contribution < 1.29 is 17.9 Å². The molecule has 0 amide bonds. The first kappa shape index (κ1) is 14.7.